The minimum absolute atomic E-state index is 0.0571. The van der Waals surface area contributed by atoms with Crippen LogP contribution in [0.15, 0.2) is 12.5 Å². The van der Waals surface area contributed by atoms with Gasteiger partial charge in [0, 0.05) is 0 Å². The SMILES string of the molecule is C[C@H]1O[C@@H](n2cnc3c(N)nc(OC4CCCC4)nc32)[C@H](O)[C@H]1n1cc(C(=O)O)nn1. The minimum Gasteiger partial charge on any atom is -0.476 e. The summed E-state index contributed by atoms with van der Waals surface area (Å²) in [5.41, 5.74) is 6.60. The molecule has 1 saturated heterocycles. The van der Waals surface area contributed by atoms with Gasteiger partial charge in [-0.3, -0.25) is 4.57 Å². The van der Waals surface area contributed by atoms with Crippen molar-refractivity contribution in [2.75, 3.05) is 5.73 Å². The van der Waals surface area contributed by atoms with Gasteiger partial charge in [-0.05, 0) is 32.6 Å². The molecule has 0 aromatic carbocycles. The molecule has 2 aliphatic rings. The molecular formula is C18H22N8O5. The van der Waals surface area contributed by atoms with Crippen LogP contribution in [0, 0.1) is 0 Å². The first-order chi connectivity index (χ1) is 14.9. The van der Waals surface area contributed by atoms with Crippen LogP contribution < -0.4 is 10.5 Å². The number of imidazole rings is 1. The molecule has 13 heteroatoms. The van der Waals surface area contributed by atoms with Crippen LogP contribution in [0.2, 0.25) is 0 Å². The highest BCUT2D eigenvalue weighted by molar-refractivity contribution is 5.84. The molecule has 31 heavy (non-hydrogen) atoms. The van der Waals surface area contributed by atoms with Crippen LogP contribution >= 0.6 is 0 Å². The summed E-state index contributed by atoms with van der Waals surface area (Å²) in [7, 11) is 0. The highest BCUT2D eigenvalue weighted by atomic mass is 16.5. The molecule has 1 aliphatic heterocycles. The van der Waals surface area contributed by atoms with Crippen LogP contribution in [0.5, 0.6) is 6.01 Å². The Morgan fingerprint density at radius 2 is 2.10 bits per heavy atom. The number of nitrogens with two attached hydrogens (primary N) is 1. The van der Waals surface area contributed by atoms with Gasteiger partial charge in [-0.25, -0.2) is 14.5 Å². The quantitative estimate of drug-likeness (QED) is 0.515. The number of hydrogen-bond donors (Lipinski definition) is 3. The van der Waals surface area contributed by atoms with Crippen molar-refractivity contribution in [2.45, 2.75) is 63.2 Å². The first kappa shape index (κ1) is 19.6. The predicted molar refractivity (Wildman–Crippen MR) is 104 cm³/mol. The zero-order valence-electron chi connectivity index (χ0n) is 16.7. The lowest BCUT2D eigenvalue weighted by molar-refractivity contribution is -0.0298. The fourth-order valence-corrected chi connectivity index (χ4v) is 4.26. The van der Waals surface area contributed by atoms with E-state index >= 15 is 0 Å². The highest BCUT2D eigenvalue weighted by Crippen LogP contribution is 2.38. The summed E-state index contributed by atoms with van der Waals surface area (Å²) in [5.74, 6) is -1.03. The van der Waals surface area contributed by atoms with Gasteiger partial charge >= 0.3 is 12.0 Å². The second-order valence-electron chi connectivity index (χ2n) is 7.84. The molecule has 5 rings (SSSR count). The Hall–Kier alpha value is -3.32. The van der Waals surface area contributed by atoms with Gasteiger partial charge in [0.1, 0.15) is 18.2 Å². The average molecular weight is 430 g/mol. The molecule has 2 fully saturated rings. The standard InChI is InChI=1S/C18H22N8O5/c1-8-12(26-6-10(17(28)29)23-24-26)13(27)16(30-8)25-7-20-11-14(19)21-18(22-15(11)25)31-9-4-2-3-5-9/h6-9,12-13,16,27H,2-5H2,1H3,(H,28,29)(H2,19,21,22)/t8-,12+,13-,16-/m1/s1. The molecule has 0 radical (unpaired) electrons. The fraction of sp³-hybridized carbons (Fsp3) is 0.556. The zero-order chi connectivity index (χ0) is 21.7. The molecule has 0 unspecified atom stereocenters. The molecule has 4 N–H and O–H groups in total. The molecule has 1 aliphatic carbocycles. The summed E-state index contributed by atoms with van der Waals surface area (Å²) in [6, 6.07) is -0.491. The van der Waals surface area contributed by atoms with Crippen LogP contribution in [-0.2, 0) is 4.74 Å². The highest BCUT2D eigenvalue weighted by Gasteiger charge is 2.45. The molecule has 164 valence electrons. The third kappa shape index (κ3) is 3.35. The van der Waals surface area contributed by atoms with E-state index in [4.69, 9.17) is 20.3 Å². The molecule has 13 nitrogen and oxygen atoms in total. The lowest BCUT2D eigenvalue weighted by Gasteiger charge is -2.19. The Morgan fingerprint density at radius 3 is 2.81 bits per heavy atom. The largest absolute Gasteiger partial charge is 0.476 e. The molecule has 4 atom stereocenters. The van der Waals surface area contributed by atoms with Crippen molar-refractivity contribution in [3.8, 4) is 6.01 Å². The predicted octanol–water partition coefficient (Wildman–Crippen LogP) is 0.539. The number of anilines is 1. The summed E-state index contributed by atoms with van der Waals surface area (Å²) in [5, 5.41) is 27.5. The van der Waals surface area contributed by atoms with Gasteiger partial charge in [-0.2, -0.15) is 9.97 Å². The Morgan fingerprint density at radius 1 is 1.32 bits per heavy atom. The van der Waals surface area contributed by atoms with E-state index in [1.807, 2.05) is 0 Å². The van der Waals surface area contributed by atoms with E-state index in [1.165, 1.54) is 17.2 Å². The summed E-state index contributed by atoms with van der Waals surface area (Å²) >= 11 is 0. The number of nitrogens with zero attached hydrogens (tertiary/aromatic N) is 7. The normalized spacial score (nSPS) is 26.6. The number of ether oxygens (including phenoxy) is 2. The number of aromatic nitrogens is 7. The van der Waals surface area contributed by atoms with E-state index in [2.05, 4.69) is 25.3 Å². The number of aromatic carboxylic acids is 1. The van der Waals surface area contributed by atoms with Crippen molar-refractivity contribution >= 4 is 23.0 Å². The Bertz CT molecular complexity index is 1120. The smallest absolute Gasteiger partial charge is 0.358 e. The molecule has 3 aromatic heterocycles. The number of rotatable bonds is 5. The van der Waals surface area contributed by atoms with Crippen LogP contribution in [-0.4, -0.2) is 69.0 Å². The van der Waals surface area contributed by atoms with Crippen molar-refractivity contribution in [2.24, 2.45) is 0 Å². The first-order valence-corrected chi connectivity index (χ1v) is 10.1. The summed E-state index contributed by atoms with van der Waals surface area (Å²) < 4.78 is 14.7. The summed E-state index contributed by atoms with van der Waals surface area (Å²) in [4.78, 5) is 24.1. The minimum atomic E-state index is -1.20. The molecular weight excluding hydrogens is 408 g/mol. The number of carboxylic acid groups (broad SMARTS) is 1. The van der Waals surface area contributed by atoms with E-state index < -0.39 is 30.4 Å². The zero-order valence-corrected chi connectivity index (χ0v) is 16.7. The Labute approximate surface area is 175 Å². The van der Waals surface area contributed by atoms with Crippen molar-refractivity contribution in [3.63, 3.8) is 0 Å². The van der Waals surface area contributed by atoms with Crippen LogP contribution in [0.3, 0.4) is 0 Å². The summed E-state index contributed by atoms with van der Waals surface area (Å²) in [6.45, 7) is 1.76. The number of carbonyl (C=O) groups is 1. The van der Waals surface area contributed by atoms with Crippen LogP contribution in [0.25, 0.3) is 11.2 Å². The van der Waals surface area contributed by atoms with Crippen molar-refractivity contribution < 1.29 is 24.5 Å². The topological polar surface area (TPSA) is 176 Å². The second-order valence-corrected chi connectivity index (χ2v) is 7.84. The van der Waals surface area contributed by atoms with E-state index in [9.17, 15) is 9.90 Å². The van der Waals surface area contributed by atoms with Crippen LogP contribution in [0.1, 0.15) is 55.4 Å². The third-order valence-corrected chi connectivity index (χ3v) is 5.79. The maximum absolute atomic E-state index is 11.1. The average Bonchev–Trinajstić information content (AvgIpc) is 3.49. The molecule has 1 saturated carbocycles. The number of aliphatic hydroxyl groups excluding tert-OH is 1. The maximum Gasteiger partial charge on any atom is 0.358 e. The molecule has 0 spiro atoms. The first-order valence-electron chi connectivity index (χ1n) is 10.1. The Balaban J connectivity index is 1.46. The molecule has 0 bridgehead atoms. The lowest BCUT2D eigenvalue weighted by Crippen LogP contribution is -2.29. The second kappa shape index (κ2) is 7.42. The molecule has 4 heterocycles. The van der Waals surface area contributed by atoms with Gasteiger partial charge in [0.05, 0.1) is 18.6 Å². The maximum atomic E-state index is 11.1. The van der Waals surface area contributed by atoms with Gasteiger partial charge in [-0.15, -0.1) is 5.10 Å². The van der Waals surface area contributed by atoms with Crippen molar-refractivity contribution in [1.29, 1.82) is 0 Å². The summed E-state index contributed by atoms with van der Waals surface area (Å²) in [6.07, 6.45) is 4.47. The van der Waals surface area contributed by atoms with E-state index in [0.29, 0.717) is 11.2 Å². The van der Waals surface area contributed by atoms with Gasteiger partial charge in [-0.1, -0.05) is 5.21 Å². The number of aliphatic hydroxyl groups is 1. The number of fused-ring (bicyclic) bond motifs is 1. The number of carboxylic acids is 1. The lowest BCUT2D eigenvalue weighted by atomic mass is 10.1. The fourth-order valence-electron chi connectivity index (χ4n) is 4.26. The molecule has 3 aromatic rings. The van der Waals surface area contributed by atoms with Gasteiger partial charge in [0.15, 0.2) is 28.9 Å². The van der Waals surface area contributed by atoms with Gasteiger partial charge in [0.25, 0.3) is 0 Å². The number of hydrogen-bond acceptors (Lipinski definition) is 10. The van der Waals surface area contributed by atoms with Gasteiger partial charge < -0.3 is 25.4 Å². The van der Waals surface area contributed by atoms with E-state index in [1.54, 1.807) is 11.5 Å². The molecule has 0 amide bonds. The van der Waals surface area contributed by atoms with Crippen molar-refractivity contribution in [1.82, 2.24) is 34.5 Å². The third-order valence-electron chi connectivity index (χ3n) is 5.79. The monoisotopic (exact) mass is 430 g/mol. The number of nitrogen functional groups attached to an aromatic ring is 1. The van der Waals surface area contributed by atoms with E-state index in [0.717, 1.165) is 25.7 Å². The van der Waals surface area contributed by atoms with Crippen LogP contribution in [0.4, 0.5) is 5.82 Å². The van der Waals surface area contributed by atoms with Crippen molar-refractivity contribution in [3.05, 3.63) is 18.2 Å². The Kier molecular flexibility index (Phi) is 4.70. The van der Waals surface area contributed by atoms with E-state index in [-0.39, 0.29) is 23.6 Å². The van der Waals surface area contributed by atoms with Gasteiger partial charge in [0.2, 0.25) is 0 Å².